The van der Waals surface area contributed by atoms with Gasteiger partial charge >= 0.3 is 5.97 Å². The maximum Gasteiger partial charge on any atom is 0.337 e. The largest absolute Gasteiger partial charge is 0.490 e. The fourth-order valence-electron chi connectivity index (χ4n) is 2.26. The lowest BCUT2D eigenvalue weighted by molar-refractivity contribution is 0.0697. The Morgan fingerprint density at radius 2 is 1.92 bits per heavy atom. The predicted octanol–water partition coefficient (Wildman–Crippen LogP) is 4.84. The second-order valence-electron chi connectivity index (χ2n) is 5.42. The normalized spacial score (nSPS) is 10.4. The molecule has 5 nitrogen and oxygen atoms in total. The third-order valence-electron chi connectivity index (χ3n) is 3.47. The first-order valence-electron chi connectivity index (χ1n) is 8.20. The summed E-state index contributed by atoms with van der Waals surface area (Å²) in [5.74, 6) is 0.413. The van der Waals surface area contributed by atoms with Crippen LogP contribution in [0.5, 0.6) is 11.5 Å². The van der Waals surface area contributed by atoms with Gasteiger partial charge in [-0.15, -0.1) is 0 Å². The molecule has 0 spiro atoms. The van der Waals surface area contributed by atoms with Crippen LogP contribution in [0.4, 0.5) is 5.69 Å². The van der Waals surface area contributed by atoms with E-state index in [0.717, 1.165) is 29.2 Å². The van der Waals surface area contributed by atoms with Gasteiger partial charge in [-0.05, 0) is 49.2 Å². The van der Waals surface area contributed by atoms with Gasteiger partial charge in [0, 0.05) is 12.2 Å². The van der Waals surface area contributed by atoms with E-state index in [9.17, 15) is 4.79 Å². The van der Waals surface area contributed by atoms with Crippen molar-refractivity contribution in [2.24, 2.45) is 0 Å². The third kappa shape index (κ3) is 5.29. The second kappa shape index (κ2) is 9.18. The SMILES string of the molecule is CCCOc1ccc(CNc2ccc(C(=O)O)c(Cl)c2)cc1OCC. The fourth-order valence-corrected chi connectivity index (χ4v) is 2.53. The predicted molar refractivity (Wildman–Crippen MR) is 99.1 cm³/mol. The lowest BCUT2D eigenvalue weighted by Crippen LogP contribution is -2.04. The lowest BCUT2D eigenvalue weighted by atomic mass is 10.1. The minimum absolute atomic E-state index is 0.0864. The van der Waals surface area contributed by atoms with Crippen LogP contribution >= 0.6 is 11.6 Å². The Morgan fingerprint density at radius 1 is 1.12 bits per heavy atom. The monoisotopic (exact) mass is 363 g/mol. The number of benzene rings is 2. The van der Waals surface area contributed by atoms with Gasteiger partial charge in [0.15, 0.2) is 11.5 Å². The highest BCUT2D eigenvalue weighted by Gasteiger charge is 2.10. The van der Waals surface area contributed by atoms with E-state index in [1.54, 1.807) is 12.1 Å². The molecule has 0 atom stereocenters. The summed E-state index contributed by atoms with van der Waals surface area (Å²) < 4.78 is 11.3. The van der Waals surface area contributed by atoms with E-state index in [1.807, 2.05) is 25.1 Å². The molecule has 0 fully saturated rings. The number of hydrogen-bond donors (Lipinski definition) is 2. The van der Waals surface area contributed by atoms with Gasteiger partial charge in [-0.2, -0.15) is 0 Å². The van der Waals surface area contributed by atoms with E-state index in [-0.39, 0.29) is 10.6 Å². The van der Waals surface area contributed by atoms with Crippen molar-refractivity contribution in [2.75, 3.05) is 18.5 Å². The number of carboxylic acid groups (broad SMARTS) is 1. The Kier molecular flexibility index (Phi) is 6.95. The Morgan fingerprint density at radius 3 is 2.56 bits per heavy atom. The Balaban J connectivity index is 2.08. The van der Waals surface area contributed by atoms with Gasteiger partial charge in [-0.1, -0.05) is 24.6 Å². The average Bonchev–Trinajstić information content (AvgIpc) is 2.59. The Hall–Kier alpha value is -2.40. The van der Waals surface area contributed by atoms with Crippen molar-refractivity contribution in [3.63, 3.8) is 0 Å². The van der Waals surface area contributed by atoms with Crippen molar-refractivity contribution in [1.29, 1.82) is 0 Å². The maximum absolute atomic E-state index is 11.0. The van der Waals surface area contributed by atoms with Crippen molar-refractivity contribution in [3.8, 4) is 11.5 Å². The zero-order valence-electron chi connectivity index (χ0n) is 14.3. The number of anilines is 1. The minimum atomic E-state index is -1.04. The van der Waals surface area contributed by atoms with Crippen molar-refractivity contribution in [2.45, 2.75) is 26.8 Å². The Labute approximate surface area is 152 Å². The van der Waals surface area contributed by atoms with Crippen LogP contribution in [0.15, 0.2) is 36.4 Å². The highest BCUT2D eigenvalue weighted by atomic mass is 35.5. The summed E-state index contributed by atoms with van der Waals surface area (Å²) in [6.45, 7) is 5.74. The number of rotatable bonds is 9. The second-order valence-corrected chi connectivity index (χ2v) is 5.82. The van der Waals surface area contributed by atoms with Crippen LogP contribution in [0.2, 0.25) is 5.02 Å². The topological polar surface area (TPSA) is 67.8 Å². The molecule has 2 N–H and O–H groups in total. The molecule has 0 bridgehead atoms. The van der Waals surface area contributed by atoms with Gasteiger partial charge in [0.25, 0.3) is 0 Å². The van der Waals surface area contributed by atoms with Crippen LogP contribution in [0.25, 0.3) is 0 Å². The highest BCUT2D eigenvalue weighted by molar-refractivity contribution is 6.33. The van der Waals surface area contributed by atoms with E-state index in [0.29, 0.717) is 19.8 Å². The van der Waals surface area contributed by atoms with Gasteiger partial charge in [0.05, 0.1) is 23.8 Å². The van der Waals surface area contributed by atoms with E-state index < -0.39 is 5.97 Å². The molecule has 0 radical (unpaired) electrons. The molecule has 2 aromatic carbocycles. The molecule has 0 saturated heterocycles. The van der Waals surface area contributed by atoms with Crippen LogP contribution in [-0.2, 0) is 6.54 Å². The minimum Gasteiger partial charge on any atom is -0.490 e. The molecule has 134 valence electrons. The molecular weight excluding hydrogens is 342 g/mol. The number of hydrogen-bond acceptors (Lipinski definition) is 4. The van der Waals surface area contributed by atoms with E-state index in [1.165, 1.54) is 6.07 Å². The highest BCUT2D eigenvalue weighted by Crippen LogP contribution is 2.29. The number of carbonyl (C=O) groups is 1. The van der Waals surface area contributed by atoms with Gasteiger partial charge in [0.1, 0.15) is 0 Å². The lowest BCUT2D eigenvalue weighted by Gasteiger charge is -2.14. The molecule has 0 aliphatic heterocycles. The molecule has 0 saturated carbocycles. The smallest absolute Gasteiger partial charge is 0.337 e. The molecule has 0 unspecified atom stereocenters. The molecule has 0 heterocycles. The molecule has 0 aromatic heterocycles. The summed E-state index contributed by atoms with van der Waals surface area (Å²) in [7, 11) is 0. The number of aromatic carboxylic acids is 1. The summed E-state index contributed by atoms with van der Waals surface area (Å²) in [5, 5.41) is 12.4. The molecule has 25 heavy (non-hydrogen) atoms. The van der Waals surface area contributed by atoms with Crippen molar-refractivity contribution in [3.05, 3.63) is 52.5 Å². The molecular formula is C19H22ClNO4. The van der Waals surface area contributed by atoms with E-state index >= 15 is 0 Å². The first-order chi connectivity index (χ1) is 12.0. The van der Waals surface area contributed by atoms with Gasteiger partial charge < -0.3 is 19.9 Å². The molecule has 2 aromatic rings. The van der Waals surface area contributed by atoms with Crippen molar-refractivity contribution >= 4 is 23.3 Å². The number of nitrogens with one attached hydrogen (secondary N) is 1. The molecule has 0 amide bonds. The van der Waals surface area contributed by atoms with E-state index in [4.69, 9.17) is 26.2 Å². The van der Waals surface area contributed by atoms with Crippen LogP contribution in [-0.4, -0.2) is 24.3 Å². The number of ether oxygens (including phenoxy) is 2. The van der Waals surface area contributed by atoms with E-state index in [2.05, 4.69) is 12.2 Å². The van der Waals surface area contributed by atoms with Crippen LogP contribution < -0.4 is 14.8 Å². The molecule has 0 aliphatic rings. The summed E-state index contributed by atoms with van der Waals surface area (Å²) >= 11 is 5.98. The summed E-state index contributed by atoms with van der Waals surface area (Å²) in [4.78, 5) is 11.0. The molecule has 6 heteroatoms. The van der Waals surface area contributed by atoms with Crippen LogP contribution in [0, 0.1) is 0 Å². The maximum atomic E-state index is 11.0. The van der Waals surface area contributed by atoms with Gasteiger partial charge in [-0.25, -0.2) is 4.79 Å². The van der Waals surface area contributed by atoms with Crippen molar-refractivity contribution < 1.29 is 19.4 Å². The molecule has 0 aliphatic carbocycles. The zero-order chi connectivity index (χ0) is 18.2. The quantitative estimate of drug-likeness (QED) is 0.667. The Bertz CT molecular complexity index is 733. The first-order valence-corrected chi connectivity index (χ1v) is 8.58. The third-order valence-corrected chi connectivity index (χ3v) is 3.78. The number of carboxylic acids is 1. The average molecular weight is 364 g/mol. The van der Waals surface area contributed by atoms with Crippen molar-refractivity contribution in [1.82, 2.24) is 0 Å². The first kappa shape index (κ1) is 18.9. The summed E-state index contributed by atoms with van der Waals surface area (Å²) in [6.07, 6.45) is 0.933. The number of halogens is 1. The molecule has 2 rings (SSSR count). The zero-order valence-corrected chi connectivity index (χ0v) is 15.1. The van der Waals surface area contributed by atoms with Crippen LogP contribution in [0.1, 0.15) is 36.2 Å². The fraction of sp³-hybridized carbons (Fsp3) is 0.316. The summed E-state index contributed by atoms with van der Waals surface area (Å²) in [6, 6.07) is 10.6. The summed E-state index contributed by atoms with van der Waals surface area (Å²) in [5.41, 5.74) is 1.85. The van der Waals surface area contributed by atoms with Gasteiger partial charge in [0.2, 0.25) is 0 Å². The standard InChI is InChI=1S/C19H22ClNO4/c1-3-9-25-17-8-5-13(10-18(17)24-4-2)12-21-14-6-7-15(19(22)23)16(20)11-14/h5-8,10-11,21H,3-4,9,12H2,1-2H3,(H,22,23). The van der Waals surface area contributed by atoms with Gasteiger partial charge in [-0.3, -0.25) is 0 Å². The van der Waals surface area contributed by atoms with Crippen LogP contribution in [0.3, 0.4) is 0 Å².